The van der Waals surface area contributed by atoms with Gasteiger partial charge in [0, 0.05) is 13.1 Å². The van der Waals surface area contributed by atoms with Crippen LogP contribution in [-0.2, 0) is 15.1 Å². The van der Waals surface area contributed by atoms with E-state index in [2.05, 4.69) is 4.99 Å². The second-order valence-corrected chi connectivity index (χ2v) is 5.35. The lowest BCUT2D eigenvalue weighted by Crippen LogP contribution is -2.37. The molecule has 0 aromatic heterocycles. The van der Waals surface area contributed by atoms with Gasteiger partial charge in [0.2, 0.25) is 6.08 Å². The number of aliphatic imine (C=N–C) groups is 1. The van der Waals surface area contributed by atoms with E-state index >= 15 is 0 Å². The lowest BCUT2D eigenvalue weighted by atomic mass is 9.72. The molecule has 0 unspecified atom stereocenters. The third kappa shape index (κ3) is 2.23. The van der Waals surface area contributed by atoms with Crippen LogP contribution in [0.5, 0.6) is 0 Å². The number of ether oxygens (including phenoxy) is 1. The molecular formula is C15H17FN2O2. The molecule has 1 saturated heterocycles. The minimum atomic E-state index is -0.536. The summed E-state index contributed by atoms with van der Waals surface area (Å²) < 4.78 is 19.6. The first-order valence-electron chi connectivity index (χ1n) is 6.97. The van der Waals surface area contributed by atoms with Crippen molar-refractivity contribution in [1.82, 2.24) is 0 Å². The summed E-state index contributed by atoms with van der Waals surface area (Å²) in [6.07, 6.45) is 4.22. The van der Waals surface area contributed by atoms with Crippen molar-refractivity contribution in [2.45, 2.75) is 24.8 Å². The van der Waals surface area contributed by atoms with E-state index in [1.54, 1.807) is 12.1 Å². The van der Waals surface area contributed by atoms with Crippen LogP contribution in [0.2, 0.25) is 0 Å². The van der Waals surface area contributed by atoms with Crippen molar-refractivity contribution in [2.24, 2.45) is 4.99 Å². The zero-order valence-corrected chi connectivity index (χ0v) is 11.3. The van der Waals surface area contributed by atoms with Gasteiger partial charge in [0.15, 0.2) is 0 Å². The van der Waals surface area contributed by atoms with Crippen LogP contribution in [0.3, 0.4) is 0 Å². The quantitative estimate of drug-likeness (QED) is 0.629. The first kappa shape index (κ1) is 13.3. The van der Waals surface area contributed by atoms with Gasteiger partial charge in [0.25, 0.3) is 0 Å². The molecule has 3 rings (SSSR count). The van der Waals surface area contributed by atoms with Crippen LogP contribution in [-0.4, -0.2) is 32.4 Å². The molecule has 1 saturated carbocycles. The van der Waals surface area contributed by atoms with Gasteiger partial charge in [-0.2, -0.15) is 4.99 Å². The zero-order chi connectivity index (χ0) is 14.0. The van der Waals surface area contributed by atoms with E-state index in [1.165, 1.54) is 6.07 Å². The molecule has 1 aliphatic carbocycles. The van der Waals surface area contributed by atoms with Gasteiger partial charge in [-0.25, -0.2) is 9.18 Å². The third-order valence-corrected chi connectivity index (χ3v) is 4.28. The van der Waals surface area contributed by atoms with Crippen molar-refractivity contribution in [3.05, 3.63) is 29.6 Å². The first-order chi connectivity index (χ1) is 9.75. The number of anilines is 1. The van der Waals surface area contributed by atoms with Gasteiger partial charge in [0.05, 0.1) is 24.4 Å². The number of isocyanates is 1. The van der Waals surface area contributed by atoms with Gasteiger partial charge >= 0.3 is 0 Å². The first-order valence-corrected chi connectivity index (χ1v) is 6.97. The summed E-state index contributed by atoms with van der Waals surface area (Å²) in [4.78, 5) is 16.5. The van der Waals surface area contributed by atoms with Crippen LogP contribution in [0.1, 0.15) is 24.8 Å². The molecule has 1 heterocycles. The summed E-state index contributed by atoms with van der Waals surface area (Å²) in [5.74, 6) is -0.253. The van der Waals surface area contributed by atoms with Crippen LogP contribution in [0.15, 0.2) is 23.2 Å². The van der Waals surface area contributed by atoms with Crippen molar-refractivity contribution >= 4 is 11.8 Å². The molecule has 4 nitrogen and oxygen atoms in total. The number of carbonyl (C=O) groups excluding carboxylic acids is 1. The number of hydrogen-bond donors (Lipinski definition) is 0. The van der Waals surface area contributed by atoms with Crippen LogP contribution < -0.4 is 4.90 Å². The van der Waals surface area contributed by atoms with E-state index in [0.29, 0.717) is 32.0 Å². The second kappa shape index (κ2) is 5.35. The fourth-order valence-electron chi connectivity index (χ4n) is 2.92. The molecule has 2 aliphatic rings. The Kier molecular flexibility index (Phi) is 3.55. The number of halogens is 1. The van der Waals surface area contributed by atoms with E-state index < -0.39 is 5.54 Å². The van der Waals surface area contributed by atoms with Crippen LogP contribution in [0.25, 0.3) is 0 Å². The summed E-state index contributed by atoms with van der Waals surface area (Å²) >= 11 is 0. The van der Waals surface area contributed by atoms with Crippen molar-refractivity contribution in [3.8, 4) is 0 Å². The van der Waals surface area contributed by atoms with Crippen molar-refractivity contribution in [1.29, 1.82) is 0 Å². The molecule has 0 atom stereocenters. The highest BCUT2D eigenvalue weighted by Crippen LogP contribution is 2.45. The van der Waals surface area contributed by atoms with E-state index in [1.807, 2.05) is 11.0 Å². The van der Waals surface area contributed by atoms with Gasteiger partial charge in [0.1, 0.15) is 5.82 Å². The number of hydrogen-bond acceptors (Lipinski definition) is 4. The van der Waals surface area contributed by atoms with E-state index in [0.717, 1.165) is 24.8 Å². The molecule has 1 aromatic rings. The summed E-state index contributed by atoms with van der Waals surface area (Å²) in [7, 11) is 0. The Hall–Kier alpha value is -1.71. The molecule has 0 spiro atoms. The molecule has 0 radical (unpaired) electrons. The Morgan fingerprint density at radius 2 is 2.05 bits per heavy atom. The molecule has 1 aliphatic heterocycles. The number of nitrogens with zero attached hydrogens (tertiary/aromatic N) is 2. The predicted molar refractivity (Wildman–Crippen MR) is 73.1 cm³/mol. The van der Waals surface area contributed by atoms with E-state index in [9.17, 15) is 9.18 Å². The standard InChI is InChI=1S/C15H17FN2O2/c16-13-10-12(15(17-11-19)4-1-5-15)2-3-14(13)18-6-8-20-9-7-18/h2-3,10H,1,4-9H2. The van der Waals surface area contributed by atoms with Crippen molar-refractivity contribution in [2.75, 3.05) is 31.2 Å². The van der Waals surface area contributed by atoms with Gasteiger partial charge in [-0.05, 0) is 37.0 Å². The van der Waals surface area contributed by atoms with Gasteiger partial charge in [-0.15, -0.1) is 0 Å². The molecule has 0 N–H and O–H groups in total. The van der Waals surface area contributed by atoms with Gasteiger partial charge < -0.3 is 9.64 Å². The average molecular weight is 276 g/mol. The van der Waals surface area contributed by atoms with Crippen molar-refractivity contribution < 1.29 is 13.9 Å². The molecule has 2 fully saturated rings. The number of benzene rings is 1. The second-order valence-electron chi connectivity index (χ2n) is 5.35. The lowest BCUT2D eigenvalue weighted by molar-refractivity contribution is 0.122. The van der Waals surface area contributed by atoms with Crippen LogP contribution in [0, 0.1) is 5.82 Å². The Bertz CT molecular complexity index is 545. The highest BCUT2D eigenvalue weighted by Gasteiger charge is 2.39. The Morgan fingerprint density at radius 3 is 2.60 bits per heavy atom. The summed E-state index contributed by atoms with van der Waals surface area (Å²) in [6.45, 7) is 2.66. The Morgan fingerprint density at radius 1 is 1.30 bits per heavy atom. The normalized spacial score (nSPS) is 20.9. The third-order valence-electron chi connectivity index (χ3n) is 4.28. The highest BCUT2D eigenvalue weighted by atomic mass is 19.1. The smallest absolute Gasteiger partial charge is 0.235 e. The fraction of sp³-hybridized carbons (Fsp3) is 0.533. The zero-order valence-electron chi connectivity index (χ0n) is 11.3. The van der Waals surface area contributed by atoms with E-state index in [4.69, 9.17) is 4.74 Å². The van der Waals surface area contributed by atoms with E-state index in [-0.39, 0.29) is 5.82 Å². The van der Waals surface area contributed by atoms with Gasteiger partial charge in [-0.3, -0.25) is 0 Å². The minimum Gasteiger partial charge on any atom is -0.378 e. The number of morpholine rings is 1. The maximum absolute atomic E-state index is 14.3. The molecule has 0 bridgehead atoms. The van der Waals surface area contributed by atoms with Crippen LogP contribution >= 0.6 is 0 Å². The Balaban J connectivity index is 1.89. The largest absolute Gasteiger partial charge is 0.378 e. The summed E-state index contributed by atoms with van der Waals surface area (Å²) in [5, 5.41) is 0. The van der Waals surface area contributed by atoms with Crippen molar-refractivity contribution in [3.63, 3.8) is 0 Å². The molecule has 20 heavy (non-hydrogen) atoms. The van der Waals surface area contributed by atoms with Gasteiger partial charge in [-0.1, -0.05) is 6.07 Å². The lowest BCUT2D eigenvalue weighted by Gasteiger charge is -2.37. The number of rotatable bonds is 3. The summed E-state index contributed by atoms with van der Waals surface area (Å²) in [5.41, 5.74) is 0.842. The average Bonchev–Trinajstić information content (AvgIpc) is 2.44. The molecule has 106 valence electrons. The monoisotopic (exact) mass is 276 g/mol. The molecule has 5 heteroatoms. The summed E-state index contributed by atoms with van der Waals surface area (Å²) in [6, 6.07) is 5.19. The molecule has 1 aromatic carbocycles. The van der Waals surface area contributed by atoms with Crippen LogP contribution in [0.4, 0.5) is 10.1 Å². The maximum atomic E-state index is 14.3. The minimum absolute atomic E-state index is 0.253. The maximum Gasteiger partial charge on any atom is 0.235 e. The highest BCUT2D eigenvalue weighted by molar-refractivity contribution is 5.51. The predicted octanol–water partition coefficient (Wildman–Crippen LogP) is 2.38. The Labute approximate surface area is 117 Å². The molecule has 0 amide bonds. The fourth-order valence-corrected chi connectivity index (χ4v) is 2.92. The SMILES string of the molecule is O=C=NC1(c2ccc(N3CCOCC3)c(F)c2)CCC1. The molecular weight excluding hydrogens is 259 g/mol. The topological polar surface area (TPSA) is 41.9 Å².